The Hall–Kier alpha value is -1.65. The van der Waals surface area contributed by atoms with Crippen LogP contribution in [0.5, 0.6) is 0 Å². The van der Waals surface area contributed by atoms with Crippen LogP contribution in [0.15, 0.2) is 12.1 Å². The zero-order valence-electron chi connectivity index (χ0n) is 9.76. The van der Waals surface area contributed by atoms with Crippen LogP contribution in [0.4, 0.5) is 20.2 Å². The Kier molecular flexibility index (Phi) is 3.00. The van der Waals surface area contributed by atoms with Gasteiger partial charge in [-0.05, 0) is 12.0 Å². The number of fused-ring (bicyclic) bond motifs is 1. The molecular weight excluding hydrogens is 226 g/mol. The Morgan fingerprint density at radius 1 is 1.41 bits per heavy atom. The van der Waals surface area contributed by atoms with Crippen LogP contribution in [0.1, 0.15) is 13.8 Å². The van der Waals surface area contributed by atoms with Gasteiger partial charge in [0.05, 0.1) is 12.2 Å². The van der Waals surface area contributed by atoms with E-state index in [0.29, 0.717) is 18.2 Å². The molecule has 0 atom stereocenters. The topological polar surface area (TPSA) is 32.3 Å². The van der Waals surface area contributed by atoms with Crippen LogP contribution in [0, 0.1) is 17.6 Å². The van der Waals surface area contributed by atoms with Gasteiger partial charge >= 0.3 is 0 Å². The van der Waals surface area contributed by atoms with Gasteiger partial charge in [-0.15, -0.1) is 0 Å². The lowest BCUT2D eigenvalue weighted by atomic mass is 10.1. The minimum atomic E-state index is -0.734. The summed E-state index contributed by atoms with van der Waals surface area (Å²) < 4.78 is 26.7. The molecule has 2 rings (SSSR count). The van der Waals surface area contributed by atoms with Crippen LogP contribution in [0.2, 0.25) is 0 Å². The third-order valence-corrected chi connectivity index (χ3v) is 2.56. The van der Waals surface area contributed by atoms with Gasteiger partial charge < -0.3 is 10.2 Å². The van der Waals surface area contributed by atoms with Crippen LogP contribution in [-0.4, -0.2) is 19.0 Å². The van der Waals surface area contributed by atoms with E-state index in [1.807, 2.05) is 13.8 Å². The number of amides is 1. The second-order valence-corrected chi connectivity index (χ2v) is 4.60. The van der Waals surface area contributed by atoms with Crippen molar-refractivity contribution >= 4 is 17.3 Å². The van der Waals surface area contributed by atoms with E-state index in [1.165, 1.54) is 6.07 Å². The molecule has 1 aliphatic rings. The maximum Gasteiger partial charge on any atom is 0.244 e. The second-order valence-electron chi connectivity index (χ2n) is 4.60. The smallest absolute Gasteiger partial charge is 0.244 e. The van der Waals surface area contributed by atoms with Gasteiger partial charge in [-0.1, -0.05) is 13.8 Å². The van der Waals surface area contributed by atoms with E-state index in [1.54, 1.807) is 4.90 Å². The minimum Gasteiger partial charge on any atom is -0.360 e. The van der Waals surface area contributed by atoms with Crippen LogP contribution in [0.25, 0.3) is 0 Å². The van der Waals surface area contributed by atoms with Gasteiger partial charge in [0.15, 0.2) is 5.82 Å². The van der Waals surface area contributed by atoms with E-state index >= 15 is 0 Å². The van der Waals surface area contributed by atoms with E-state index in [9.17, 15) is 13.6 Å². The highest BCUT2D eigenvalue weighted by Crippen LogP contribution is 2.33. The molecule has 0 aliphatic carbocycles. The van der Waals surface area contributed by atoms with Crippen molar-refractivity contribution in [3.05, 3.63) is 23.8 Å². The third kappa shape index (κ3) is 2.38. The molecule has 1 aromatic rings. The molecule has 92 valence electrons. The van der Waals surface area contributed by atoms with Crippen LogP contribution in [0.3, 0.4) is 0 Å². The number of carbonyl (C=O) groups excluding carboxylic acids is 1. The number of hydrogen-bond acceptors (Lipinski definition) is 2. The summed E-state index contributed by atoms with van der Waals surface area (Å²) in [6.45, 7) is 4.70. The summed E-state index contributed by atoms with van der Waals surface area (Å²) in [7, 11) is 0. The summed E-state index contributed by atoms with van der Waals surface area (Å²) in [5.41, 5.74) is 0.485. The molecule has 1 aliphatic heterocycles. The number of nitrogens with zero attached hydrogens (tertiary/aromatic N) is 1. The molecule has 0 spiro atoms. The number of nitrogens with one attached hydrogen (secondary N) is 1. The molecule has 3 nitrogen and oxygen atoms in total. The lowest BCUT2D eigenvalue weighted by Crippen LogP contribution is -2.40. The van der Waals surface area contributed by atoms with Crippen molar-refractivity contribution in [3.8, 4) is 0 Å². The SMILES string of the molecule is CC(C)CN1CC(=O)Nc2c(F)cc(F)cc21. The molecule has 0 fully saturated rings. The van der Waals surface area contributed by atoms with Gasteiger partial charge in [-0.2, -0.15) is 0 Å². The van der Waals surface area contributed by atoms with E-state index < -0.39 is 11.6 Å². The maximum absolute atomic E-state index is 13.5. The van der Waals surface area contributed by atoms with Gasteiger partial charge in [0, 0.05) is 12.6 Å². The average Bonchev–Trinajstić information content (AvgIpc) is 2.19. The predicted molar refractivity (Wildman–Crippen MR) is 62.0 cm³/mol. The summed E-state index contributed by atoms with van der Waals surface area (Å²) in [6, 6.07) is 2.03. The highest BCUT2D eigenvalue weighted by molar-refractivity contribution is 6.01. The first-order valence-corrected chi connectivity index (χ1v) is 5.51. The van der Waals surface area contributed by atoms with Crippen molar-refractivity contribution in [2.75, 3.05) is 23.3 Å². The molecule has 0 unspecified atom stereocenters. The number of benzene rings is 1. The van der Waals surface area contributed by atoms with Gasteiger partial charge in [0.2, 0.25) is 5.91 Å². The van der Waals surface area contributed by atoms with E-state index in [4.69, 9.17) is 0 Å². The number of carbonyl (C=O) groups is 1. The van der Waals surface area contributed by atoms with E-state index in [0.717, 1.165) is 6.07 Å². The summed E-state index contributed by atoms with van der Waals surface area (Å²) in [6.07, 6.45) is 0. The lowest BCUT2D eigenvalue weighted by molar-refractivity contribution is -0.115. The lowest BCUT2D eigenvalue weighted by Gasteiger charge is -2.32. The van der Waals surface area contributed by atoms with E-state index in [-0.39, 0.29) is 18.1 Å². The molecule has 0 aromatic heterocycles. The number of rotatable bonds is 2. The Morgan fingerprint density at radius 3 is 2.76 bits per heavy atom. The second kappa shape index (κ2) is 4.31. The zero-order chi connectivity index (χ0) is 12.6. The Morgan fingerprint density at radius 2 is 2.12 bits per heavy atom. The Labute approximate surface area is 98.4 Å². The molecule has 0 radical (unpaired) electrons. The van der Waals surface area contributed by atoms with Gasteiger partial charge in [-0.25, -0.2) is 8.78 Å². The van der Waals surface area contributed by atoms with Crippen molar-refractivity contribution < 1.29 is 13.6 Å². The highest BCUT2D eigenvalue weighted by atomic mass is 19.1. The standard InChI is InChI=1S/C12H14F2N2O/c1-7(2)5-16-6-11(17)15-12-9(14)3-8(13)4-10(12)16/h3-4,7H,5-6H2,1-2H3,(H,15,17). The van der Waals surface area contributed by atoms with Crippen molar-refractivity contribution in [1.29, 1.82) is 0 Å². The van der Waals surface area contributed by atoms with E-state index in [2.05, 4.69) is 5.32 Å². The van der Waals surface area contributed by atoms with Crippen LogP contribution >= 0.6 is 0 Å². The van der Waals surface area contributed by atoms with Crippen LogP contribution in [-0.2, 0) is 4.79 Å². The quantitative estimate of drug-likeness (QED) is 0.860. The summed E-state index contributed by atoms with van der Waals surface area (Å²) >= 11 is 0. The molecule has 5 heteroatoms. The molecule has 1 aromatic carbocycles. The van der Waals surface area contributed by atoms with Gasteiger partial charge in [0.25, 0.3) is 0 Å². The molecule has 0 bridgehead atoms. The molecule has 0 saturated carbocycles. The average molecular weight is 240 g/mol. The molecule has 1 N–H and O–H groups in total. The van der Waals surface area contributed by atoms with Crippen molar-refractivity contribution in [2.45, 2.75) is 13.8 Å². The molecule has 0 saturated heterocycles. The van der Waals surface area contributed by atoms with Crippen LogP contribution < -0.4 is 10.2 Å². The number of anilines is 2. The van der Waals surface area contributed by atoms with Crippen molar-refractivity contribution in [2.24, 2.45) is 5.92 Å². The molecule has 17 heavy (non-hydrogen) atoms. The third-order valence-electron chi connectivity index (χ3n) is 2.56. The highest BCUT2D eigenvalue weighted by Gasteiger charge is 2.25. The zero-order valence-corrected chi connectivity index (χ0v) is 9.76. The maximum atomic E-state index is 13.5. The largest absolute Gasteiger partial charge is 0.360 e. The molecule has 1 amide bonds. The molecule has 1 heterocycles. The first-order valence-electron chi connectivity index (χ1n) is 5.51. The summed E-state index contributed by atoms with van der Waals surface area (Å²) in [5, 5.41) is 2.44. The fourth-order valence-electron chi connectivity index (χ4n) is 1.97. The first kappa shape index (κ1) is 11.8. The van der Waals surface area contributed by atoms with Crippen molar-refractivity contribution in [1.82, 2.24) is 0 Å². The number of hydrogen-bond donors (Lipinski definition) is 1. The van der Waals surface area contributed by atoms with Gasteiger partial charge in [-0.3, -0.25) is 4.79 Å². The predicted octanol–water partition coefficient (Wildman–Crippen LogP) is 2.38. The first-order chi connectivity index (χ1) is 7.97. The fourth-order valence-corrected chi connectivity index (χ4v) is 1.97. The minimum absolute atomic E-state index is 0.0725. The number of halogens is 2. The molecular formula is C12H14F2N2O. The monoisotopic (exact) mass is 240 g/mol. The summed E-state index contributed by atoms with van der Waals surface area (Å²) in [4.78, 5) is 13.1. The fraction of sp³-hybridized carbons (Fsp3) is 0.417. The van der Waals surface area contributed by atoms with Gasteiger partial charge in [0.1, 0.15) is 11.5 Å². The van der Waals surface area contributed by atoms with Crippen molar-refractivity contribution in [3.63, 3.8) is 0 Å². The summed E-state index contributed by atoms with van der Waals surface area (Å²) in [5.74, 6) is -1.34. The Bertz CT molecular complexity index is 460. The normalized spacial score (nSPS) is 14.9. The Balaban J connectivity index is 2.44.